The molecule has 0 saturated carbocycles. The van der Waals surface area contributed by atoms with Gasteiger partial charge in [-0.25, -0.2) is 0 Å². The van der Waals surface area contributed by atoms with Crippen LogP contribution in [0.5, 0.6) is 5.75 Å². The number of halogens is 3. The number of hydrogen-bond donors (Lipinski definition) is 2. The Morgan fingerprint density at radius 2 is 2.00 bits per heavy atom. The molecule has 22 heavy (non-hydrogen) atoms. The fourth-order valence-corrected chi connectivity index (χ4v) is 2.30. The highest BCUT2D eigenvalue weighted by Crippen LogP contribution is 2.30. The topological polar surface area (TPSA) is 72.5 Å². The summed E-state index contributed by atoms with van der Waals surface area (Å²) in [4.78, 5) is 11.0. The van der Waals surface area contributed by atoms with E-state index in [4.69, 9.17) is 10.8 Å². The monoisotopic (exact) mass is 319 g/mol. The molecule has 0 amide bonds. The van der Waals surface area contributed by atoms with E-state index in [-0.39, 0.29) is 18.2 Å². The van der Waals surface area contributed by atoms with Gasteiger partial charge in [0.05, 0.1) is 5.92 Å². The summed E-state index contributed by atoms with van der Waals surface area (Å²) in [6.07, 6.45) is -3.47. The number of nitrogens with two attached hydrogens (primary N) is 1. The summed E-state index contributed by atoms with van der Waals surface area (Å²) in [5.74, 6) is -2.00. The number of para-hydroxylation sites is 1. The molecule has 1 aromatic carbocycles. The molecular weight excluding hydrogens is 299 g/mol. The Kier molecular flexibility index (Phi) is 6.67. The number of alkyl halides is 3. The SMILES string of the molecule is CCC(Cc1ccccc1OC(F)(F)F)CC(CN)C(=O)O. The lowest BCUT2D eigenvalue weighted by molar-refractivity contribution is -0.274. The summed E-state index contributed by atoms with van der Waals surface area (Å²) in [7, 11) is 0. The smallest absolute Gasteiger partial charge is 0.481 e. The van der Waals surface area contributed by atoms with Crippen LogP contribution in [-0.4, -0.2) is 24.0 Å². The zero-order valence-corrected chi connectivity index (χ0v) is 12.3. The maximum Gasteiger partial charge on any atom is 0.573 e. The zero-order chi connectivity index (χ0) is 16.8. The lowest BCUT2D eigenvalue weighted by Crippen LogP contribution is -2.26. The van der Waals surface area contributed by atoms with Crippen molar-refractivity contribution in [3.63, 3.8) is 0 Å². The normalized spacial score (nSPS) is 14.4. The van der Waals surface area contributed by atoms with Gasteiger partial charge in [-0.3, -0.25) is 4.79 Å². The molecular formula is C15H20F3NO3. The Bertz CT molecular complexity index is 491. The van der Waals surface area contributed by atoms with Crippen LogP contribution in [0.3, 0.4) is 0 Å². The molecule has 3 N–H and O–H groups in total. The van der Waals surface area contributed by atoms with Crippen molar-refractivity contribution < 1.29 is 27.8 Å². The van der Waals surface area contributed by atoms with Gasteiger partial charge >= 0.3 is 12.3 Å². The molecule has 1 rings (SSSR count). The summed E-state index contributed by atoms with van der Waals surface area (Å²) in [5.41, 5.74) is 5.84. The number of aliphatic carboxylic acids is 1. The van der Waals surface area contributed by atoms with E-state index in [1.54, 1.807) is 12.1 Å². The van der Waals surface area contributed by atoms with Gasteiger partial charge in [0, 0.05) is 6.54 Å². The molecule has 0 saturated heterocycles. The fourth-order valence-electron chi connectivity index (χ4n) is 2.30. The van der Waals surface area contributed by atoms with Crippen molar-refractivity contribution in [2.75, 3.05) is 6.54 Å². The highest BCUT2D eigenvalue weighted by Gasteiger charge is 2.32. The van der Waals surface area contributed by atoms with E-state index in [0.29, 0.717) is 24.8 Å². The lowest BCUT2D eigenvalue weighted by Gasteiger charge is -2.20. The Morgan fingerprint density at radius 1 is 1.36 bits per heavy atom. The minimum atomic E-state index is -4.75. The van der Waals surface area contributed by atoms with Gasteiger partial charge in [0.2, 0.25) is 0 Å². The second kappa shape index (κ2) is 8.03. The van der Waals surface area contributed by atoms with Crippen molar-refractivity contribution in [2.24, 2.45) is 17.6 Å². The van der Waals surface area contributed by atoms with Crippen molar-refractivity contribution >= 4 is 5.97 Å². The number of hydrogen-bond acceptors (Lipinski definition) is 3. The highest BCUT2D eigenvalue weighted by molar-refractivity contribution is 5.70. The van der Waals surface area contributed by atoms with Crippen LogP contribution >= 0.6 is 0 Å². The molecule has 7 heteroatoms. The average Bonchev–Trinajstić information content (AvgIpc) is 2.43. The van der Waals surface area contributed by atoms with Crippen molar-refractivity contribution in [3.05, 3.63) is 29.8 Å². The fraction of sp³-hybridized carbons (Fsp3) is 0.533. The van der Waals surface area contributed by atoms with Gasteiger partial charge in [0.25, 0.3) is 0 Å². The molecule has 124 valence electrons. The summed E-state index contributed by atoms with van der Waals surface area (Å²) >= 11 is 0. The van der Waals surface area contributed by atoms with Crippen LogP contribution in [-0.2, 0) is 11.2 Å². The first-order chi connectivity index (χ1) is 10.3. The molecule has 2 atom stereocenters. The molecule has 0 aliphatic heterocycles. The van der Waals surface area contributed by atoms with Crippen molar-refractivity contribution in [1.29, 1.82) is 0 Å². The molecule has 0 aliphatic carbocycles. The van der Waals surface area contributed by atoms with Gasteiger partial charge in [0.15, 0.2) is 0 Å². The van der Waals surface area contributed by atoms with Gasteiger partial charge in [-0.1, -0.05) is 31.5 Å². The number of ether oxygens (including phenoxy) is 1. The van der Waals surface area contributed by atoms with Crippen molar-refractivity contribution in [2.45, 2.75) is 32.5 Å². The van der Waals surface area contributed by atoms with Crippen molar-refractivity contribution in [3.8, 4) is 5.75 Å². The molecule has 1 aromatic rings. The number of carboxylic acids is 1. The molecule has 0 heterocycles. The maximum atomic E-state index is 12.4. The zero-order valence-electron chi connectivity index (χ0n) is 12.3. The molecule has 2 unspecified atom stereocenters. The second-order valence-electron chi connectivity index (χ2n) is 5.14. The highest BCUT2D eigenvalue weighted by atomic mass is 19.4. The summed E-state index contributed by atoms with van der Waals surface area (Å²) in [5, 5.41) is 9.04. The van der Waals surface area contributed by atoms with E-state index < -0.39 is 18.2 Å². The van der Waals surface area contributed by atoms with E-state index >= 15 is 0 Å². The van der Waals surface area contributed by atoms with Crippen LogP contribution < -0.4 is 10.5 Å². The minimum absolute atomic E-state index is 0.00648. The second-order valence-corrected chi connectivity index (χ2v) is 5.14. The minimum Gasteiger partial charge on any atom is -0.481 e. The lowest BCUT2D eigenvalue weighted by atomic mass is 9.87. The Labute approximate surface area is 127 Å². The number of carboxylic acid groups (broad SMARTS) is 1. The van der Waals surface area contributed by atoms with Crippen LogP contribution in [0.2, 0.25) is 0 Å². The third-order valence-electron chi connectivity index (χ3n) is 3.54. The largest absolute Gasteiger partial charge is 0.573 e. The van der Waals surface area contributed by atoms with Crippen LogP contribution in [0.4, 0.5) is 13.2 Å². The van der Waals surface area contributed by atoms with Gasteiger partial charge in [-0.15, -0.1) is 13.2 Å². The van der Waals surface area contributed by atoms with Gasteiger partial charge < -0.3 is 15.6 Å². The van der Waals surface area contributed by atoms with Crippen LogP contribution in [0.15, 0.2) is 24.3 Å². The van der Waals surface area contributed by atoms with Crippen LogP contribution in [0.1, 0.15) is 25.3 Å². The molecule has 0 spiro atoms. The predicted molar refractivity (Wildman–Crippen MR) is 75.4 cm³/mol. The van der Waals surface area contributed by atoms with E-state index in [0.717, 1.165) is 0 Å². The Hall–Kier alpha value is -1.76. The van der Waals surface area contributed by atoms with Crippen LogP contribution in [0.25, 0.3) is 0 Å². The Balaban J connectivity index is 2.85. The molecule has 0 aromatic heterocycles. The van der Waals surface area contributed by atoms with E-state index in [1.165, 1.54) is 12.1 Å². The standard InChI is InChI=1S/C15H20F3NO3/c1-2-10(8-12(9-19)14(20)21)7-11-5-3-4-6-13(11)22-15(16,17)18/h3-6,10,12H,2,7-9,19H2,1H3,(H,20,21). The first-order valence-electron chi connectivity index (χ1n) is 7.03. The number of carbonyl (C=O) groups is 1. The molecule has 0 aliphatic rings. The van der Waals surface area contributed by atoms with E-state index in [1.807, 2.05) is 6.92 Å². The first-order valence-corrected chi connectivity index (χ1v) is 7.03. The van der Waals surface area contributed by atoms with Crippen LogP contribution in [0, 0.1) is 11.8 Å². The van der Waals surface area contributed by atoms with Gasteiger partial charge in [-0.2, -0.15) is 0 Å². The molecule has 0 bridgehead atoms. The maximum absolute atomic E-state index is 12.4. The predicted octanol–water partition coefficient (Wildman–Crippen LogP) is 3.20. The molecule has 4 nitrogen and oxygen atoms in total. The van der Waals surface area contributed by atoms with E-state index in [2.05, 4.69) is 4.74 Å². The van der Waals surface area contributed by atoms with E-state index in [9.17, 15) is 18.0 Å². The first kappa shape index (κ1) is 18.3. The quantitative estimate of drug-likeness (QED) is 0.772. The summed E-state index contributed by atoms with van der Waals surface area (Å²) in [6.45, 7) is 1.87. The van der Waals surface area contributed by atoms with Crippen molar-refractivity contribution in [1.82, 2.24) is 0 Å². The molecule has 0 fully saturated rings. The van der Waals surface area contributed by atoms with Gasteiger partial charge in [0.1, 0.15) is 5.75 Å². The third kappa shape index (κ3) is 5.93. The number of benzene rings is 1. The summed E-state index contributed by atoms with van der Waals surface area (Å²) in [6, 6.07) is 5.91. The summed E-state index contributed by atoms with van der Waals surface area (Å²) < 4.78 is 41.2. The average molecular weight is 319 g/mol. The van der Waals surface area contributed by atoms with Gasteiger partial charge in [-0.05, 0) is 30.4 Å². The molecule has 0 radical (unpaired) electrons. The Morgan fingerprint density at radius 3 is 2.50 bits per heavy atom. The third-order valence-corrected chi connectivity index (χ3v) is 3.54. The number of rotatable bonds is 8.